The number of allylic oxidation sites excluding steroid dienone is 1. The first kappa shape index (κ1) is 23.2. The quantitative estimate of drug-likeness (QED) is 0.559. The van der Waals surface area contributed by atoms with Crippen LogP contribution in [0.1, 0.15) is 25.5 Å². The molecule has 3 heterocycles. The van der Waals surface area contributed by atoms with Gasteiger partial charge in [0.05, 0.1) is 44.2 Å². The van der Waals surface area contributed by atoms with E-state index in [0.29, 0.717) is 49.1 Å². The Balaban J connectivity index is 1.58. The lowest BCUT2D eigenvalue weighted by Gasteiger charge is -2.33. The summed E-state index contributed by atoms with van der Waals surface area (Å²) in [6.45, 7) is 5.98. The summed E-state index contributed by atoms with van der Waals surface area (Å²) < 4.78 is 22.0. The van der Waals surface area contributed by atoms with Gasteiger partial charge in [0.2, 0.25) is 0 Å². The van der Waals surface area contributed by atoms with E-state index in [1.807, 2.05) is 35.6 Å². The van der Waals surface area contributed by atoms with E-state index in [1.165, 1.54) is 11.8 Å². The number of benzene rings is 1. The highest BCUT2D eigenvalue weighted by atomic mass is 32.2. The van der Waals surface area contributed by atoms with Crippen LogP contribution in [0.5, 0.6) is 11.5 Å². The van der Waals surface area contributed by atoms with Crippen molar-refractivity contribution in [1.29, 1.82) is 0 Å². The first-order valence-electron chi connectivity index (χ1n) is 10.8. The predicted molar refractivity (Wildman–Crippen MR) is 124 cm³/mol. The monoisotopic (exact) mass is 473 g/mol. The number of morpholine rings is 1. The molecule has 1 aromatic carbocycles. The number of hydrogen-bond donors (Lipinski definition) is 0. The Labute approximate surface area is 197 Å². The normalized spacial score (nSPS) is 19.8. The molecular formula is C23H27N3O6S. The van der Waals surface area contributed by atoms with Crippen molar-refractivity contribution < 1.29 is 28.5 Å². The van der Waals surface area contributed by atoms with Gasteiger partial charge in [0, 0.05) is 19.3 Å². The number of fused-ring (bicyclic) bond motifs is 1. The van der Waals surface area contributed by atoms with Crippen LogP contribution in [0, 0.1) is 0 Å². The molecule has 0 radical (unpaired) electrons. The van der Waals surface area contributed by atoms with E-state index in [4.69, 9.17) is 18.9 Å². The summed E-state index contributed by atoms with van der Waals surface area (Å²) in [5.41, 5.74) is 1.92. The van der Waals surface area contributed by atoms with Gasteiger partial charge in [0.25, 0.3) is 5.91 Å². The van der Waals surface area contributed by atoms with Crippen molar-refractivity contribution >= 4 is 28.8 Å². The smallest absolute Gasteiger partial charge is 0.338 e. The molecule has 0 spiro atoms. The highest BCUT2D eigenvalue weighted by Crippen LogP contribution is 2.43. The number of carbonyl (C=O) groups is 2. The number of thioether (sulfide) groups is 1. The van der Waals surface area contributed by atoms with Crippen molar-refractivity contribution in [3.8, 4) is 11.5 Å². The average Bonchev–Trinajstić information content (AvgIpc) is 3.30. The topological polar surface area (TPSA) is 89.9 Å². The SMILES string of the molecule is CCOC(=O)C1=C(C)N=C2SC=CN2[C@H]1c1ccc(OCC(=O)N2CCOCC2)c(OC)c1. The fourth-order valence-electron chi connectivity index (χ4n) is 3.92. The van der Waals surface area contributed by atoms with Crippen LogP contribution in [-0.4, -0.2) is 73.5 Å². The zero-order chi connectivity index (χ0) is 23.4. The summed E-state index contributed by atoms with van der Waals surface area (Å²) in [7, 11) is 1.54. The van der Waals surface area contributed by atoms with Crippen molar-refractivity contribution in [2.24, 2.45) is 4.99 Å². The fraction of sp³-hybridized carbons (Fsp3) is 0.435. The minimum absolute atomic E-state index is 0.0888. The number of amides is 1. The van der Waals surface area contributed by atoms with Gasteiger partial charge in [0.15, 0.2) is 23.3 Å². The number of esters is 1. The number of ether oxygens (including phenoxy) is 4. The van der Waals surface area contributed by atoms with Gasteiger partial charge in [-0.1, -0.05) is 17.8 Å². The Hall–Kier alpha value is -2.98. The number of hydrogen-bond acceptors (Lipinski definition) is 9. The Morgan fingerprint density at radius 1 is 1.24 bits per heavy atom. The maximum Gasteiger partial charge on any atom is 0.338 e. The summed E-state index contributed by atoms with van der Waals surface area (Å²) in [4.78, 5) is 33.5. The van der Waals surface area contributed by atoms with Gasteiger partial charge < -0.3 is 28.7 Å². The highest BCUT2D eigenvalue weighted by Gasteiger charge is 2.37. The lowest BCUT2D eigenvalue weighted by atomic mass is 9.94. The molecular weight excluding hydrogens is 446 g/mol. The maximum atomic E-state index is 12.8. The number of carbonyl (C=O) groups excluding carboxylic acids is 2. The largest absolute Gasteiger partial charge is 0.493 e. The second kappa shape index (κ2) is 10.3. The molecule has 9 nitrogen and oxygen atoms in total. The first-order chi connectivity index (χ1) is 16.0. The summed E-state index contributed by atoms with van der Waals surface area (Å²) in [6, 6.07) is 5.04. The molecule has 33 heavy (non-hydrogen) atoms. The molecule has 1 fully saturated rings. The lowest BCUT2D eigenvalue weighted by molar-refractivity contribution is -0.139. The van der Waals surface area contributed by atoms with Crippen molar-refractivity contribution in [3.05, 3.63) is 46.6 Å². The fourth-order valence-corrected chi connectivity index (χ4v) is 4.71. The number of aliphatic imine (C=N–C) groups is 1. The van der Waals surface area contributed by atoms with Gasteiger partial charge in [-0.15, -0.1) is 0 Å². The Kier molecular flexibility index (Phi) is 7.24. The number of amidine groups is 1. The van der Waals surface area contributed by atoms with Gasteiger partial charge in [0.1, 0.15) is 0 Å². The third-order valence-corrected chi connectivity index (χ3v) is 6.30. The van der Waals surface area contributed by atoms with E-state index in [1.54, 1.807) is 25.0 Å². The molecule has 0 bridgehead atoms. The van der Waals surface area contributed by atoms with E-state index in [-0.39, 0.29) is 19.1 Å². The van der Waals surface area contributed by atoms with Crippen molar-refractivity contribution in [1.82, 2.24) is 9.80 Å². The van der Waals surface area contributed by atoms with Crippen molar-refractivity contribution in [2.45, 2.75) is 19.9 Å². The lowest BCUT2D eigenvalue weighted by Crippen LogP contribution is -2.43. The maximum absolute atomic E-state index is 12.8. The zero-order valence-electron chi connectivity index (χ0n) is 18.9. The molecule has 1 saturated heterocycles. The van der Waals surface area contributed by atoms with Crippen LogP contribution in [0.4, 0.5) is 0 Å². The Morgan fingerprint density at radius 3 is 2.76 bits per heavy atom. The second-order valence-electron chi connectivity index (χ2n) is 7.52. The molecule has 0 saturated carbocycles. The molecule has 1 atom stereocenters. The molecule has 0 aromatic heterocycles. The third-order valence-electron chi connectivity index (χ3n) is 5.53. The van der Waals surface area contributed by atoms with Crippen LogP contribution < -0.4 is 9.47 Å². The summed E-state index contributed by atoms with van der Waals surface area (Å²) >= 11 is 1.50. The Bertz CT molecular complexity index is 1020. The molecule has 0 N–H and O–H groups in total. The second-order valence-corrected chi connectivity index (χ2v) is 8.39. The third kappa shape index (κ3) is 4.86. The molecule has 1 amide bonds. The molecule has 176 valence electrons. The van der Waals surface area contributed by atoms with Crippen LogP contribution in [0.2, 0.25) is 0 Å². The van der Waals surface area contributed by atoms with E-state index < -0.39 is 12.0 Å². The zero-order valence-corrected chi connectivity index (χ0v) is 19.7. The van der Waals surface area contributed by atoms with Crippen LogP contribution in [0.3, 0.4) is 0 Å². The van der Waals surface area contributed by atoms with Crippen molar-refractivity contribution in [3.63, 3.8) is 0 Å². The molecule has 3 aliphatic heterocycles. The molecule has 0 aliphatic carbocycles. The van der Waals surface area contributed by atoms with E-state index >= 15 is 0 Å². The van der Waals surface area contributed by atoms with Gasteiger partial charge >= 0.3 is 5.97 Å². The average molecular weight is 474 g/mol. The van der Waals surface area contributed by atoms with E-state index in [9.17, 15) is 9.59 Å². The molecule has 4 rings (SSSR count). The van der Waals surface area contributed by atoms with Crippen LogP contribution in [-0.2, 0) is 19.1 Å². The number of rotatable bonds is 7. The van der Waals surface area contributed by atoms with Gasteiger partial charge in [-0.05, 0) is 37.0 Å². The van der Waals surface area contributed by atoms with Crippen LogP contribution >= 0.6 is 11.8 Å². The molecule has 0 unspecified atom stereocenters. The van der Waals surface area contributed by atoms with Gasteiger partial charge in [-0.2, -0.15) is 0 Å². The van der Waals surface area contributed by atoms with Crippen LogP contribution in [0.15, 0.2) is 46.1 Å². The minimum atomic E-state index is -0.416. The van der Waals surface area contributed by atoms with E-state index in [0.717, 1.165) is 10.7 Å². The highest BCUT2D eigenvalue weighted by molar-refractivity contribution is 8.16. The summed E-state index contributed by atoms with van der Waals surface area (Å²) in [5, 5.41) is 2.72. The van der Waals surface area contributed by atoms with Gasteiger partial charge in [-0.25, -0.2) is 9.79 Å². The van der Waals surface area contributed by atoms with Crippen molar-refractivity contribution in [2.75, 3.05) is 46.6 Å². The standard InChI is InChI=1S/C23H27N3O6S/c1-4-31-22(28)20-15(2)24-23-26(9-12-33-23)21(20)16-5-6-17(18(13-16)29-3)32-14-19(27)25-7-10-30-11-8-25/h5-6,9,12-13,21H,4,7-8,10-11,14H2,1-3H3/t21-/m0/s1. The predicted octanol–water partition coefficient (Wildman–Crippen LogP) is 2.70. The molecule has 10 heteroatoms. The molecule has 3 aliphatic rings. The number of methoxy groups -OCH3 is 1. The van der Waals surface area contributed by atoms with E-state index in [2.05, 4.69) is 4.99 Å². The Morgan fingerprint density at radius 2 is 2.03 bits per heavy atom. The first-order valence-corrected chi connectivity index (χ1v) is 11.7. The minimum Gasteiger partial charge on any atom is -0.493 e. The number of nitrogens with zero attached hydrogens (tertiary/aromatic N) is 3. The summed E-state index contributed by atoms with van der Waals surface area (Å²) in [6.07, 6.45) is 1.90. The van der Waals surface area contributed by atoms with Gasteiger partial charge in [-0.3, -0.25) is 4.79 Å². The molecule has 1 aromatic rings. The summed E-state index contributed by atoms with van der Waals surface area (Å²) in [5.74, 6) is 0.434. The van der Waals surface area contributed by atoms with Crippen LogP contribution in [0.25, 0.3) is 0 Å².